The van der Waals surface area contributed by atoms with Crippen molar-refractivity contribution in [3.63, 3.8) is 0 Å². The van der Waals surface area contributed by atoms with Crippen LogP contribution < -0.4 is 10.5 Å². The topological polar surface area (TPSA) is 144 Å². The molecular formula is C37H46N4O7. The summed E-state index contributed by atoms with van der Waals surface area (Å²) in [5, 5.41) is 11.0. The predicted molar refractivity (Wildman–Crippen MR) is 182 cm³/mol. The third-order valence-corrected chi connectivity index (χ3v) is 10.7. The molecule has 48 heavy (non-hydrogen) atoms. The molecule has 3 atom stereocenters. The van der Waals surface area contributed by atoms with E-state index < -0.39 is 17.4 Å². The van der Waals surface area contributed by atoms with Crippen molar-refractivity contribution >= 4 is 34.8 Å². The van der Waals surface area contributed by atoms with Crippen LogP contribution in [0.1, 0.15) is 71.8 Å². The summed E-state index contributed by atoms with van der Waals surface area (Å²) in [6, 6.07) is 10.5. The second kappa shape index (κ2) is 13.8. The van der Waals surface area contributed by atoms with Crippen LogP contribution in [0.2, 0.25) is 0 Å². The molecule has 3 aromatic rings. The first-order valence-electron chi connectivity index (χ1n) is 16.9. The number of aldehydes is 1. The van der Waals surface area contributed by atoms with Gasteiger partial charge in [0.15, 0.2) is 5.78 Å². The molecule has 2 heterocycles. The van der Waals surface area contributed by atoms with Gasteiger partial charge in [-0.3, -0.25) is 14.5 Å². The fourth-order valence-electron chi connectivity index (χ4n) is 7.95. The Morgan fingerprint density at radius 2 is 1.83 bits per heavy atom. The van der Waals surface area contributed by atoms with Crippen LogP contribution in [-0.2, 0) is 25.7 Å². The molecule has 2 saturated carbocycles. The first-order chi connectivity index (χ1) is 23.1. The van der Waals surface area contributed by atoms with Gasteiger partial charge >= 0.3 is 5.97 Å². The van der Waals surface area contributed by atoms with Crippen molar-refractivity contribution in [3.8, 4) is 17.0 Å². The predicted octanol–water partition coefficient (Wildman–Crippen LogP) is 4.05. The largest absolute Gasteiger partial charge is 0.497 e. The average molecular weight is 659 g/mol. The zero-order valence-corrected chi connectivity index (χ0v) is 28.1. The molecule has 0 radical (unpaired) electrons. The molecule has 11 nitrogen and oxygen atoms in total. The lowest BCUT2D eigenvalue weighted by molar-refractivity contribution is -0.137. The summed E-state index contributed by atoms with van der Waals surface area (Å²) >= 11 is 0. The van der Waals surface area contributed by atoms with Gasteiger partial charge < -0.3 is 34.6 Å². The number of nitrogens with two attached hydrogens (primary N) is 1. The Hall–Kier alpha value is -4.06. The van der Waals surface area contributed by atoms with Gasteiger partial charge in [0.25, 0.3) is 0 Å². The number of rotatable bonds is 14. The van der Waals surface area contributed by atoms with Crippen molar-refractivity contribution in [2.45, 2.75) is 62.9 Å². The van der Waals surface area contributed by atoms with Crippen molar-refractivity contribution in [2.24, 2.45) is 11.1 Å². The number of carboxylic acid groups (broad SMARTS) is 1. The lowest BCUT2D eigenvalue weighted by atomic mass is 9.81. The normalized spacial score (nSPS) is 20.7. The van der Waals surface area contributed by atoms with Gasteiger partial charge in [0.2, 0.25) is 5.91 Å². The van der Waals surface area contributed by atoms with Crippen LogP contribution in [0.3, 0.4) is 0 Å². The summed E-state index contributed by atoms with van der Waals surface area (Å²) in [6.07, 6.45) is 6.87. The standard InChI is InChI=1S/C37H46N4O7/c1-39(20-32(43)30(38)21-42)13-15-48-16-14-40(2)36(46)37-19-29(37)28-18-25(47-3)10-12-26(28)34-33(23-7-5-4-6-8-23)27-11-9-24(35(44)45)17-31(27)41(34)22-37/h9-12,17-18,21,23,29-30H,4-8,13-16,19-20,22,38H2,1-3H3,(H,44,45)/t29-,30?,37-/m1/s1. The maximum atomic E-state index is 14.4. The quantitative estimate of drug-likeness (QED) is 0.149. The molecule has 11 heteroatoms. The summed E-state index contributed by atoms with van der Waals surface area (Å²) < 4.78 is 13.8. The van der Waals surface area contributed by atoms with Gasteiger partial charge in [0, 0.05) is 49.1 Å². The van der Waals surface area contributed by atoms with Crippen LogP contribution in [-0.4, -0.2) is 104 Å². The molecular weight excluding hydrogens is 612 g/mol. The highest BCUT2D eigenvalue weighted by atomic mass is 16.5. The highest BCUT2D eigenvalue weighted by Crippen LogP contribution is 2.66. The number of fused-ring (bicyclic) bond motifs is 7. The molecule has 0 saturated heterocycles. The number of carboxylic acids is 1. The minimum absolute atomic E-state index is 0.000737. The van der Waals surface area contributed by atoms with E-state index in [2.05, 4.69) is 16.7 Å². The number of carbonyl (C=O) groups excluding carboxylic acids is 3. The Labute approximate surface area is 280 Å². The van der Waals surface area contributed by atoms with E-state index in [-0.39, 0.29) is 29.7 Å². The number of hydrogen-bond acceptors (Lipinski definition) is 8. The summed E-state index contributed by atoms with van der Waals surface area (Å²) in [5.74, 6) is -0.161. The Morgan fingerprint density at radius 1 is 1.08 bits per heavy atom. The number of likely N-dealkylation sites (N-methyl/N-ethyl adjacent to an activating group) is 2. The number of amides is 1. The maximum Gasteiger partial charge on any atom is 0.335 e. The van der Waals surface area contributed by atoms with Crippen molar-refractivity contribution in [3.05, 3.63) is 53.1 Å². The smallest absolute Gasteiger partial charge is 0.335 e. The van der Waals surface area contributed by atoms with Gasteiger partial charge in [0.05, 0.1) is 43.5 Å². The van der Waals surface area contributed by atoms with Crippen LogP contribution in [0, 0.1) is 5.41 Å². The molecule has 6 rings (SSSR count). The molecule has 3 N–H and O–H groups in total. The van der Waals surface area contributed by atoms with E-state index in [0.717, 1.165) is 46.3 Å². The number of aromatic carboxylic acids is 1. The Bertz CT molecular complexity index is 1730. The van der Waals surface area contributed by atoms with E-state index in [1.807, 2.05) is 19.2 Å². The number of ketones is 1. The molecule has 1 aromatic heterocycles. The number of methoxy groups -OCH3 is 1. The molecule has 0 spiro atoms. The van der Waals surface area contributed by atoms with E-state index in [1.165, 1.54) is 24.8 Å². The maximum absolute atomic E-state index is 14.4. The summed E-state index contributed by atoms with van der Waals surface area (Å²) in [4.78, 5) is 52.8. The average Bonchev–Trinajstić information content (AvgIpc) is 3.76. The van der Waals surface area contributed by atoms with Crippen LogP contribution in [0.5, 0.6) is 5.75 Å². The highest BCUT2D eigenvalue weighted by Gasteiger charge is 2.63. The monoisotopic (exact) mass is 658 g/mol. The van der Waals surface area contributed by atoms with Gasteiger partial charge in [-0.05, 0) is 73.7 Å². The number of carbonyl (C=O) groups is 4. The first-order valence-corrected chi connectivity index (χ1v) is 16.9. The zero-order valence-electron chi connectivity index (χ0n) is 28.1. The fourth-order valence-corrected chi connectivity index (χ4v) is 7.95. The Kier molecular flexibility index (Phi) is 9.74. The number of benzene rings is 2. The molecule has 2 aliphatic carbocycles. The molecule has 2 aromatic carbocycles. The van der Waals surface area contributed by atoms with Gasteiger partial charge in [0.1, 0.15) is 18.1 Å². The summed E-state index contributed by atoms with van der Waals surface area (Å²) in [7, 11) is 5.23. The van der Waals surface area contributed by atoms with Gasteiger partial charge in [-0.2, -0.15) is 0 Å². The SMILES string of the molecule is COc1ccc2c(c1)[C@H]1C[C@@]1(C(=O)N(C)CCOCCN(C)CC(=O)C(N)C=O)Cn1c-2c(C2CCCCC2)c2ccc(C(=O)O)cc21. The first kappa shape index (κ1) is 33.8. The number of ether oxygens (including phenoxy) is 2. The molecule has 2 fully saturated rings. The van der Waals surface area contributed by atoms with Crippen molar-refractivity contribution in [1.29, 1.82) is 0 Å². The van der Waals surface area contributed by atoms with E-state index in [1.54, 1.807) is 36.1 Å². The van der Waals surface area contributed by atoms with E-state index >= 15 is 0 Å². The molecule has 1 unspecified atom stereocenters. The molecule has 1 amide bonds. The van der Waals surface area contributed by atoms with Gasteiger partial charge in [-0.15, -0.1) is 0 Å². The van der Waals surface area contributed by atoms with Gasteiger partial charge in [-0.1, -0.05) is 25.3 Å². The number of nitrogens with zero attached hydrogens (tertiary/aromatic N) is 3. The Morgan fingerprint density at radius 3 is 2.54 bits per heavy atom. The summed E-state index contributed by atoms with van der Waals surface area (Å²) in [6.45, 7) is 2.08. The lowest BCUT2D eigenvalue weighted by Crippen LogP contribution is -2.40. The van der Waals surface area contributed by atoms with E-state index in [0.29, 0.717) is 51.5 Å². The molecule has 3 aliphatic rings. The highest BCUT2D eigenvalue weighted by molar-refractivity contribution is 6.00. The van der Waals surface area contributed by atoms with Crippen LogP contribution in [0.25, 0.3) is 22.2 Å². The molecule has 0 bridgehead atoms. The van der Waals surface area contributed by atoms with Crippen LogP contribution in [0.4, 0.5) is 0 Å². The van der Waals surface area contributed by atoms with Crippen LogP contribution >= 0.6 is 0 Å². The summed E-state index contributed by atoms with van der Waals surface area (Å²) in [5.41, 5.74) is 10.5. The molecule has 256 valence electrons. The minimum Gasteiger partial charge on any atom is -0.497 e. The second-order valence-electron chi connectivity index (χ2n) is 13.8. The second-order valence-corrected chi connectivity index (χ2v) is 13.8. The van der Waals surface area contributed by atoms with Crippen LogP contribution in [0.15, 0.2) is 36.4 Å². The fraction of sp³-hybridized carbons (Fsp3) is 0.514. The third-order valence-electron chi connectivity index (χ3n) is 10.7. The van der Waals surface area contributed by atoms with Crippen molar-refractivity contribution in [2.75, 3.05) is 54.1 Å². The number of Topliss-reactive ketones (excluding diaryl/α,β-unsaturated/α-hetero) is 1. The zero-order chi connectivity index (χ0) is 34.2. The lowest BCUT2D eigenvalue weighted by Gasteiger charge is -2.26. The Balaban J connectivity index is 1.28. The van der Waals surface area contributed by atoms with Gasteiger partial charge in [-0.25, -0.2) is 4.79 Å². The van der Waals surface area contributed by atoms with Crippen molar-refractivity contribution in [1.82, 2.24) is 14.4 Å². The van der Waals surface area contributed by atoms with E-state index in [4.69, 9.17) is 15.2 Å². The number of aromatic nitrogens is 1. The minimum atomic E-state index is -1.12. The third kappa shape index (κ3) is 6.26. The van der Waals surface area contributed by atoms with E-state index in [9.17, 15) is 24.3 Å². The number of hydrogen-bond donors (Lipinski definition) is 2. The van der Waals surface area contributed by atoms with Crippen molar-refractivity contribution < 1.29 is 33.8 Å². The molecule has 1 aliphatic heterocycles.